The molecule has 4 heteroatoms. The third-order valence-corrected chi connectivity index (χ3v) is 3.31. The quantitative estimate of drug-likeness (QED) is 0.776. The van der Waals surface area contributed by atoms with E-state index < -0.39 is 0 Å². The first-order valence-corrected chi connectivity index (χ1v) is 6.01. The number of thioether (sulfide) groups is 1. The maximum atomic E-state index is 13.4. The number of nitrogens with zero attached hydrogens (tertiary/aromatic N) is 2. The van der Waals surface area contributed by atoms with Gasteiger partial charge < -0.3 is 0 Å². The van der Waals surface area contributed by atoms with Gasteiger partial charge in [0, 0.05) is 16.8 Å². The molecule has 0 fully saturated rings. The van der Waals surface area contributed by atoms with Crippen molar-refractivity contribution in [1.82, 2.24) is 4.98 Å². The molecule has 84 valence electrons. The fraction of sp³-hybridized carbons (Fsp3) is 0.0769. The van der Waals surface area contributed by atoms with E-state index >= 15 is 0 Å². The maximum Gasteiger partial charge on any atom is 0.144 e. The number of rotatable bonds is 3. The standard InChI is InChI=1S/C13H9FN2S/c14-11-5-1-2-6-13(11)17-9-10-4-3-7-16-12(10)8-15/h1-7H,9H2. The number of halogens is 1. The van der Waals surface area contributed by atoms with Crippen molar-refractivity contribution in [3.05, 3.63) is 59.7 Å². The predicted octanol–water partition coefficient (Wildman–Crippen LogP) is 3.38. The first-order chi connectivity index (χ1) is 8.31. The summed E-state index contributed by atoms with van der Waals surface area (Å²) in [5.74, 6) is 0.303. The van der Waals surface area contributed by atoms with E-state index in [0.717, 1.165) is 5.56 Å². The van der Waals surface area contributed by atoms with Crippen molar-refractivity contribution in [3.8, 4) is 6.07 Å². The van der Waals surface area contributed by atoms with Crippen LogP contribution in [0.3, 0.4) is 0 Å². The van der Waals surface area contributed by atoms with E-state index in [-0.39, 0.29) is 5.82 Å². The Morgan fingerprint density at radius 3 is 2.82 bits per heavy atom. The average Bonchev–Trinajstić information content (AvgIpc) is 2.38. The van der Waals surface area contributed by atoms with Crippen LogP contribution in [0.1, 0.15) is 11.3 Å². The first kappa shape index (κ1) is 11.6. The van der Waals surface area contributed by atoms with Gasteiger partial charge in [-0.3, -0.25) is 0 Å². The molecule has 1 aromatic carbocycles. The zero-order valence-corrected chi connectivity index (χ0v) is 9.75. The predicted molar refractivity (Wildman–Crippen MR) is 64.9 cm³/mol. The van der Waals surface area contributed by atoms with Crippen LogP contribution in [0, 0.1) is 17.1 Å². The molecule has 0 aliphatic heterocycles. The number of pyridine rings is 1. The third kappa shape index (κ3) is 2.83. The van der Waals surface area contributed by atoms with Gasteiger partial charge in [-0.25, -0.2) is 9.37 Å². The number of aromatic nitrogens is 1. The fourth-order valence-corrected chi connectivity index (χ4v) is 2.30. The molecule has 1 heterocycles. The molecule has 17 heavy (non-hydrogen) atoms. The van der Waals surface area contributed by atoms with Crippen molar-refractivity contribution in [2.24, 2.45) is 0 Å². The Morgan fingerprint density at radius 2 is 2.06 bits per heavy atom. The molecule has 0 radical (unpaired) electrons. The summed E-state index contributed by atoms with van der Waals surface area (Å²) < 4.78 is 13.4. The topological polar surface area (TPSA) is 36.7 Å². The second-order valence-electron chi connectivity index (χ2n) is 3.34. The summed E-state index contributed by atoms with van der Waals surface area (Å²) in [5.41, 5.74) is 1.22. The van der Waals surface area contributed by atoms with E-state index in [2.05, 4.69) is 4.98 Å². The highest BCUT2D eigenvalue weighted by atomic mass is 32.2. The van der Waals surface area contributed by atoms with Gasteiger partial charge in [-0.15, -0.1) is 11.8 Å². The Morgan fingerprint density at radius 1 is 1.24 bits per heavy atom. The molecule has 2 nitrogen and oxygen atoms in total. The average molecular weight is 244 g/mol. The lowest BCUT2D eigenvalue weighted by Gasteiger charge is -2.04. The SMILES string of the molecule is N#Cc1ncccc1CSc1ccccc1F. The summed E-state index contributed by atoms with van der Waals surface area (Å²) in [6.07, 6.45) is 1.58. The van der Waals surface area contributed by atoms with Crippen molar-refractivity contribution in [3.63, 3.8) is 0 Å². The van der Waals surface area contributed by atoms with E-state index in [4.69, 9.17) is 5.26 Å². The highest BCUT2D eigenvalue weighted by Crippen LogP contribution is 2.25. The van der Waals surface area contributed by atoms with Crippen LogP contribution in [0.5, 0.6) is 0 Å². The smallest absolute Gasteiger partial charge is 0.144 e. The lowest BCUT2D eigenvalue weighted by molar-refractivity contribution is 0.602. The molecule has 0 amide bonds. The van der Waals surface area contributed by atoms with Gasteiger partial charge in [-0.05, 0) is 23.8 Å². The summed E-state index contributed by atoms with van der Waals surface area (Å²) in [7, 11) is 0. The molecule has 0 saturated heterocycles. The number of benzene rings is 1. The van der Waals surface area contributed by atoms with Gasteiger partial charge in [0.2, 0.25) is 0 Å². The Hall–Kier alpha value is -1.86. The second kappa shape index (κ2) is 5.46. The van der Waals surface area contributed by atoms with Crippen molar-refractivity contribution in [2.75, 3.05) is 0 Å². The monoisotopic (exact) mass is 244 g/mol. The van der Waals surface area contributed by atoms with Gasteiger partial charge in [-0.1, -0.05) is 18.2 Å². The molecule has 0 bridgehead atoms. The van der Waals surface area contributed by atoms with Crippen LogP contribution >= 0.6 is 11.8 Å². The molecule has 0 atom stereocenters. The van der Waals surface area contributed by atoms with Gasteiger partial charge in [0.05, 0.1) is 0 Å². The molecule has 2 rings (SSSR count). The fourth-order valence-electron chi connectivity index (χ4n) is 1.37. The second-order valence-corrected chi connectivity index (χ2v) is 4.36. The third-order valence-electron chi connectivity index (χ3n) is 2.22. The maximum absolute atomic E-state index is 13.4. The van der Waals surface area contributed by atoms with Crippen molar-refractivity contribution >= 4 is 11.8 Å². The Labute approximate surface area is 103 Å². The van der Waals surface area contributed by atoms with E-state index in [9.17, 15) is 4.39 Å². The van der Waals surface area contributed by atoms with E-state index in [0.29, 0.717) is 16.3 Å². The van der Waals surface area contributed by atoms with Gasteiger partial charge in [0.1, 0.15) is 17.6 Å². The number of hydrogen-bond acceptors (Lipinski definition) is 3. The molecule has 0 spiro atoms. The first-order valence-electron chi connectivity index (χ1n) is 5.02. The van der Waals surface area contributed by atoms with Gasteiger partial charge in [-0.2, -0.15) is 5.26 Å². The van der Waals surface area contributed by atoms with Crippen molar-refractivity contribution < 1.29 is 4.39 Å². The highest BCUT2D eigenvalue weighted by Gasteiger charge is 2.05. The molecule has 1 aromatic heterocycles. The van der Waals surface area contributed by atoms with E-state index in [1.54, 1.807) is 30.5 Å². The van der Waals surface area contributed by atoms with Crippen LogP contribution in [-0.2, 0) is 5.75 Å². The molecule has 0 aliphatic carbocycles. The van der Waals surface area contributed by atoms with Crippen LogP contribution < -0.4 is 0 Å². The molecule has 0 unspecified atom stereocenters. The van der Waals surface area contributed by atoms with Gasteiger partial charge in [0.15, 0.2) is 0 Å². The molecule has 0 N–H and O–H groups in total. The summed E-state index contributed by atoms with van der Waals surface area (Å²) >= 11 is 1.36. The summed E-state index contributed by atoms with van der Waals surface area (Å²) in [6.45, 7) is 0. The highest BCUT2D eigenvalue weighted by molar-refractivity contribution is 7.98. The normalized spacial score (nSPS) is 9.88. The summed E-state index contributed by atoms with van der Waals surface area (Å²) in [6, 6.07) is 12.2. The molecule has 2 aromatic rings. The van der Waals surface area contributed by atoms with Crippen LogP contribution in [0.25, 0.3) is 0 Å². The minimum Gasteiger partial charge on any atom is -0.245 e. The number of nitriles is 1. The molecule has 0 aliphatic rings. The number of hydrogen-bond donors (Lipinski definition) is 0. The molecule has 0 saturated carbocycles. The van der Waals surface area contributed by atoms with Crippen LogP contribution in [-0.4, -0.2) is 4.98 Å². The lowest BCUT2D eigenvalue weighted by atomic mass is 10.2. The zero-order valence-electron chi connectivity index (χ0n) is 8.93. The minimum absolute atomic E-state index is 0.236. The summed E-state index contributed by atoms with van der Waals surface area (Å²) in [5, 5.41) is 8.87. The lowest BCUT2D eigenvalue weighted by Crippen LogP contribution is -1.91. The Balaban J connectivity index is 2.13. The van der Waals surface area contributed by atoms with Crippen molar-refractivity contribution in [2.45, 2.75) is 10.6 Å². The van der Waals surface area contributed by atoms with Gasteiger partial charge in [0.25, 0.3) is 0 Å². The summed E-state index contributed by atoms with van der Waals surface area (Å²) in [4.78, 5) is 4.55. The van der Waals surface area contributed by atoms with Crippen molar-refractivity contribution in [1.29, 1.82) is 5.26 Å². The van der Waals surface area contributed by atoms with E-state index in [1.807, 2.05) is 12.1 Å². The molecular weight excluding hydrogens is 235 g/mol. The Kier molecular flexibility index (Phi) is 3.73. The largest absolute Gasteiger partial charge is 0.245 e. The van der Waals surface area contributed by atoms with E-state index in [1.165, 1.54) is 17.8 Å². The van der Waals surface area contributed by atoms with Crippen LogP contribution in [0.2, 0.25) is 0 Å². The van der Waals surface area contributed by atoms with Gasteiger partial charge >= 0.3 is 0 Å². The Bertz CT molecular complexity index is 563. The minimum atomic E-state index is -0.236. The zero-order chi connectivity index (χ0) is 12.1. The van der Waals surface area contributed by atoms with Crippen LogP contribution in [0.4, 0.5) is 4.39 Å². The molecular formula is C13H9FN2S. The van der Waals surface area contributed by atoms with Crippen LogP contribution in [0.15, 0.2) is 47.5 Å².